The van der Waals surface area contributed by atoms with Gasteiger partial charge in [-0.25, -0.2) is 0 Å². The number of carboxylic acid groups (broad SMARTS) is 1. The third-order valence-corrected chi connectivity index (χ3v) is 3.91. The normalized spacial score (nSPS) is 17.9. The van der Waals surface area contributed by atoms with Crippen LogP contribution in [0.25, 0.3) is 0 Å². The Hall–Kier alpha value is -1.88. The van der Waals surface area contributed by atoms with E-state index in [2.05, 4.69) is 10.6 Å². The number of hydrogen-bond acceptors (Lipinski definition) is 3. The van der Waals surface area contributed by atoms with Gasteiger partial charge >= 0.3 is 5.97 Å². The van der Waals surface area contributed by atoms with Gasteiger partial charge in [-0.05, 0) is 24.6 Å². The lowest BCUT2D eigenvalue weighted by molar-refractivity contribution is -0.138. The fourth-order valence-electron chi connectivity index (χ4n) is 2.28. The summed E-state index contributed by atoms with van der Waals surface area (Å²) in [6, 6.07) is 8.98. The maximum Gasteiger partial charge on any atom is 0.312 e. The average molecular weight is 276 g/mol. The Morgan fingerprint density at radius 3 is 2.50 bits per heavy atom. The number of nitrogens with one attached hydrogen (secondary N) is 2. The molecule has 108 valence electrons. The van der Waals surface area contributed by atoms with Crippen LogP contribution in [0.4, 0.5) is 0 Å². The Kier molecular flexibility index (Phi) is 4.74. The van der Waals surface area contributed by atoms with E-state index in [-0.39, 0.29) is 18.4 Å². The molecule has 1 amide bonds. The number of amides is 1. The summed E-state index contributed by atoms with van der Waals surface area (Å²) in [6.45, 7) is 3.73. The van der Waals surface area contributed by atoms with Crippen molar-refractivity contribution in [2.24, 2.45) is 11.8 Å². The quantitative estimate of drug-likeness (QED) is 0.719. The van der Waals surface area contributed by atoms with E-state index in [1.807, 2.05) is 13.0 Å². The molecule has 1 aromatic carbocycles. The topological polar surface area (TPSA) is 78.4 Å². The molecule has 3 N–H and O–H groups in total. The number of carbonyl (C=O) groups excluding carboxylic acids is 1. The molecule has 1 fully saturated rings. The highest BCUT2D eigenvalue weighted by atomic mass is 16.4. The van der Waals surface area contributed by atoms with Crippen molar-refractivity contribution in [3.8, 4) is 0 Å². The number of carbonyl (C=O) groups is 2. The van der Waals surface area contributed by atoms with Crippen LogP contribution in [0.15, 0.2) is 30.3 Å². The number of aliphatic carboxylic acids is 1. The fraction of sp³-hybridized carbons (Fsp3) is 0.467. The zero-order valence-corrected chi connectivity index (χ0v) is 11.5. The van der Waals surface area contributed by atoms with E-state index < -0.39 is 11.9 Å². The van der Waals surface area contributed by atoms with Crippen molar-refractivity contribution in [1.82, 2.24) is 10.6 Å². The SMILES string of the molecule is CC(C(=O)NCC(C(=O)O)c1ccccc1)C1CNC1. The molecule has 0 saturated carbocycles. The monoisotopic (exact) mass is 276 g/mol. The summed E-state index contributed by atoms with van der Waals surface area (Å²) in [5.74, 6) is -1.42. The zero-order valence-electron chi connectivity index (χ0n) is 11.5. The first-order valence-electron chi connectivity index (χ1n) is 6.85. The average Bonchev–Trinajstić information content (AvgIpc) is 2.37. The molecule has 1 saturated heterocycles. The van der Waals surface area contributed by atoms with Gasteiger partial charge in [0.15, 0.2) is 0 Å². The van der Waals surface area contributed by atoms with Crippen molar-refractivity contribution in [2.45, 2.75) is 12.8 Å². The first-order valence-corrected chi connectivity index (χ1v) is 6.85. The summed E-state index contributed by atoms with van der Waals surface area (Å²) in [7, 11) is 0. The molecular weight excluding hydrogens is 256 g/mol. The molecule has 0 aliphatic carbocycles. The van der Waals surface area contributed by atoms with Gasteiger partial charge in [-0.1, -0.05) is 37.3 Å². The largest absolute Gasteiger partial charge is 0.481 e. The van der Waals surface area contributed by atoms with Crippen LogP contribution in [0, 0.1) is 11.8 Å². The molecule has 1 aliphatic heterocycles. The van der Waals surface area contributed by atoms with E-state index in [0.717, 1.165) is 13.1 Å². The lowest BCUT2D eigenvalue weighted by Gasteiger charge is -2.32. The second-order valence-electron chi connectivity index (χ2n) is 5.25. The van der Waals surface area contributed by atoms with Gasteiger partial charge in [0.1, 0.15) is 0 Å². The fourth-order valence-corrected chi connectivity index (χ4v) is 2.28. The summed E-state index contributed by atoms with van der Waals surface area (Å²) < 4.78 is 0. The summed E-state index contributed by atoms with van der Waals surface area (Å²) in [5.41, 5.74) is 0.707. The Balaban J connectivity index is 1.92. The maximum atomic E-state index is 12.0. The summed E-state index contributed by atoms with van der Waals surface area (Å²) in [4.78, 5) is 23.3. The minimum Gasteiger partial charge on any atom is -0.481 e. The van der Waals surface area contributed by atoms with E-state index in [1.165, 1.54) is 0 Å². The molecule has 0 aromatic heterocycles. The molecule has 20 heavy (non-hydrogen) atoms. The first-order chi connectivity index (χ1) is 9.59. The predicted molar refractivity (Wildman–Crippen MR) is 75.4 cm³/mol. The van der Waals surface area contributed by atoms with Gasteiger partial charge < -0.3 is 15.7 Å². The summed E-state index contributed by atoms with van der Waals surface area (Å²) >= 11 is 0. The zero-order chi connectivity index (χ0) is 14.5. The van der Waals surface area contributed by atoms with E-state index in [1.54, 1.807) is 24.3 Å². The van der Waals surface area contributed by atoms with Crippen LogP contribution in [0.3, 0.4) is 0 Å². The Bertz CT molecular complexity index is 471. The molecule has 1 aromatic rings. The Morgan fingerprint density at radius 2 is 2.00 bits per heavy atom. The van der Waals surface area contributed by atoms with Gasteiger partial charge in [0.25, 0.3) is 0 Å². The second-order valence-corrected chi connectivity index (χ2v) is 5.25. The third kappa shape index (κ3) is 3.36. The van der Waals surface area contributed by atoms with Crippen LogP contribution in [0.1, 0.15) is 18.4 Å². The van der Waals surface area contributed by atoms with E-state index in [4.69, 9.17) is 0 Å². The van der Waals surface area contributed by atoms with Crippen molar-refractivity contribution in [3.05, 3.63) is 35.9 Å². The Labute approximate surface area is 118 Å². The van der Waals surface area contributed by atoms with E-state index >= 15 is 0 Å². The molecule has 2 unspecified atom stereocenters. The number of carboxylic acids is 1. The molecule has 5 nitrogen and oxygen atoms in total. The standard InChI is InChI=1S/C15H20N2O3/c1-10(12-7-16-8-12)14(18)17-9-13(15(19)20)11-5-3-2-4-6-11/h2-6,10,12-13,16H,7-9H2,1H3,(H,17,18)(H,19,20). The van der Waals surface area contributed by atoms with Gasteiger partial charge in [0, 0.05) is 12.5 Å². The minimum absolute atomic E-state index is 0.0707. The molecular formula is C15H20N2O3. The second kappa shape index (κ2) is 6.52. The van der Waals surface area contributed by atoms with Crippen molar-refractivity contribution in [2.75, 3.05) is 19.6 Å². The van der Waals surface area contributed by atoms with Crippen LogP contribution in [0.5, 0.6) is 0 Å². The maximum absolute atomic E-state index is 12.0. The van der Waals surface area contributed by atoms with Gasteiger partial charge in [-0.3, -0.25) is 9.59 Å². The van der Waals surface area contributed by atoms with Crippen LogP contribution in [-0.2, 0) is 9.59 Å². The summed E-state index contributed by atoms with van der Waals surface area (Å²) in [6.07, 6.45) is 0. The van der Waals surface area contributed by atoms with E-state index in [9.17, 15) is 14.7 Å². The predicted octanol–water partition coefficient (Wildman–Crippen LogP) is 0.826. The molecule has 2 atom stereocenters. The molecule has 0 radical (unpaired) electrons. The van der Waals surface area contributed by atoms with Crippen molar-refractivity contribution >= 4 is 11.9 Å². The molecule has 1 aliphatic rings. The van der Waals surface area contributed by atoms with Crippen LogP contribution < -0.4 is 10.6 Å². The van der Waals surface area contributed by atoms with E-state index in [0.29, 0.717) is 11.5 Å². The number of benzene rings is 1. The highest BCUT2D eigenvalue weighted by Crippen LogP contribution is 2.18. The lowest BCUT2D eigenvalue weighted by Crippen LogP contribution is -2.50. The highest BCUT2D eigenvalue weighted by Gasteiger charge is 2.29. The number of rotatable bonds is 6. The van der Waals surface area contributed by atoms with Crippen LogP contribution >= 0.6 is 0 Å². The lowest BCUT2D eigenvalue weighted by atomic mass is 9.88. The van der Waals surface area contributed by atoms with Gasteiger partial charge in [0.05, 0.1) is 5.92 Å². The van der Waals surface area contributed by atoms with Gasteiger partial charge in [-0.15, -0.1) is 0 Å². The highest BCUT2D eigenvalue weighted by molar-refractivity contribution is 5.81. The molecule has 0 bridgehead atoms. The number of hydrogen-bond donors (Lipinski definition) is 3. The summed E-state index contributed by atoms with van der Waals surface area (Å²) in [5, 5.41) is 15.2. The first kappa shape index (κ1) is 14.5. The van der Waals surface area contributed by atoms with Crippen molar-refractivity contribution in [3.63, 3.8) is 0 Å². The molecule has 0 spiro atoms. The molecule has 5 heteroatoms. The smallest absolute Gasteiger partial charge is 0.312 e. The minimum atomic E-state index is -0.922. The molecule has 2 rings (SSSR count). The third-order valence-electron chi connectivity index (χ3n) is 3.91. The van der Waals surface area contributed by atoms with Crippen LogP contribution in [-0.4, -0.2) is 36.6 Å². The Morgan fingerprint density at radius 1 is 1.35 bits per heavy atom. The van der Waals surface area contributed by atoms with Crippen molar-refractivity contribution in [1.29, 1.82) is 0 Å². The molecule has 1 heterocycles. The van der Waals surface area contributed by atoms with Crippen molar-refractivity contribution < 1.29 is 14.7 Å². The van der Waals surface area contributed by atoms with Gasteiger partial charge in [0.2, 0.25) is 5.91 Å². The van der Waals surface area contributed by atoms with Crippen LogP contribution in [0.2, 0.25) is 0 Å². The van der Waals surface area contributed by atoms with Gasteiger partial charge in [-0.2, -0.15) is 0 Å².